The lowest BCUT2D eigenvalue weighted by Crippen LogP contribution is -2.06. The molecule has 0 saturated carbocycles. The maximum atomic E-state index is 13.7. The monoisotopic (exact) mass is 380 g/mol. The van der Waals surface area contributed by atoms with Gasteiger partial charge in [0.05, 0.1) is 11.1 Å². The molecule has 0 N–H and O–H groups in total. The normalized spacial score (nSPS) is 11.8. The zero-order valence-electron chi connectivity index (χ0n) is 12.1. The summed E-state index contributed by atoms with van der Waals surface area (Å²) in [6, 6.07) is 3.91. The molecule has 0 saturated heterocycles. The molecule has 1 aromatic heterocycles. The zero-order valence-corrected chi connectivity index (χ0v) is 12.1. The standard InChI is InChI=1S/C15H4F8N2O/c16-8-7(9(17)11(19)12(20)10(8)18)14-25-24-13(26-14)5-3-1-2-4-6(5)15(21,22)23/h1-4H. The number of alkyl halides is 3. The summed E-state index contributed by atoms with van der Waals surface area (Å²) >= 11 is 0. The van der Waals surface area contributed by atoms with Crippen LogP contribution in [-0.2, 0) is 6.18 Å². The van der Waals surface area contributed by atoms with Crippen LogP contribution in [-0.4, -0.2) is 10.2 Å². The molecule has 0 aliphatic rings. The van der Waals surface area contributed by atoms with Crippen LogP contribution in [0.15, 0.2) is 28.7 Å². The van der Waals surface area contributed by atoms with E-state index >= 15 is 0 Å². The molecule has 2 aromatic carbocycles. The van der Waals surface area contributed by atoms with Gasteiger partial charge < -0.3 is 4.42 Å². The minimum atomic E-state index is -4.81. The topological polar surface area (TPSA) is 38.9 Å². The molecule has 11 heteroatoms. The Kier molecular flexibility index (Phi) is 4.17. The third kappa shape index (κ3) is 2.78. The fraction of sp³-hybridized carbons (Fsp3) is 0.0667. The van der Waals surface area contributed by atoms with Gasteiger partial charge in [-0.3, -0.25) is 0 Å². The molecular weight excluding hydrogens is 376 g/mol. The quantitative estimate of drug-likeness (QED) is 0.352. The second-order valence-electron chi connectivity index (χ2n) is 4.90. The van der Waals surface area contributed by atoms with Gasteiger partial charge >= 0.3 is 6.18 Å². The Balaban J connectivity index is 2.18. The van der Waals surface area contributed by atoms with E-state index in [2.05, 4.69) is 10.2 Å². The Bertz CT molecular complexity index is 967. The van der Waals surface area contributed by atoms with Crippen molar-refractivity contribution in [3.05, 3.63) is 58.9 Å². The smallest absolute Gasteiger partial charge is 0.416 e. The molecule has 3 aromatic rings. The lowest BCUT2D eigenvalue weighted by molar-refractivity contribution is -0.137. The van der Waals surface area contributed by atoms with Gasteiger partial charge in [0, 0.05) is 0 Å². The SMILES string of the molecule is Fc1c(F)c(F)c(-c2nnc(-c3ccccc3C(F)(F)F)o2)c(F)c1F. The summed E-state index contributed by atoms with van der Waals surface area (Å²) in [7, 11) is 0. The van der Waals surface area contributed by atoms with Crippen LogP contribution in [0.5, 0.6) is 0 Å². The molecule has 26 heavy (non-hydrogen) atoms. The molecule has 3 rings (SSSR count). The summed E-state index contributed by atoms with van der Waals surface area (Å²) in [6.07, 6.45) is -4.81. The molecule has 0 atom stereocenters. The van der Waals surface area contributed by atoms with Crippen LogP contribution in [0, 0.1) is 29.1 Å². The molecule has 1 heterocycles. The third-order valence-electron chi connectivity index (χ3n) is 3.31. The summed E-state index contributed by atoms with van der Waals surface area (Å²) in [6.45, 7) is 0. The summed E-state index contributed by atoms with van der Waals surface area (Å²) in [5.74, 6) is -13.4. The van der Waals surface area contributed by atoms with Crippen LogP contribution in [0.1, 0.15) is 5.56 Å². The predicted octanol–water partition coefficient (Wildman–Crippen LogP) is 5.12. The van der Waals surface area contributed by atoms with Crippen molar-refractivity contribution in [2.24, 2.45) is 0 Å². The number of halogens is 8. The van der Waals surface area contributed by atoms with E-state index in [0.29, 0.717) is 6.07 Å². The predicted molar refractivity (Wildman–Crippen MR) is 70.0 cm³/mol. The Morgan fingerprint density at radius 2 is 1.19 bits per heavy atom. The largest absolute Gasteiger partial charge is 0.417 e. The second-order valence-corrected chi connectivity index (χ2v) is 4.90. The molecule has 0 aliphatic carbocycles. The van der Waals surface area contributed by atoms with E-state index < -0.39 is 63.7 Å². The van der Waals surface area contributed by atoms with Gasteiger partial charge in [-0.1, -0.05) is 12.1 Å². The van der Waals surface area contributed by atoms with Crippen molar-refractivity contribution in [3.63, 3.8) is 0 Å². The van der Waals surface area contributed by atoms with Crippen molar-refractivity contribution >= 4 is 0 Å². The summed E-state index contributed by atoms with van der Waals surface area (Å²) < 4.78 is 111. The fourth-order valence-corrected chi connectivity index (χ4v) is 2.14. The van der Waals surface area contributed by atoms with Crippen molar-refractivity contribution < 1.29 is 39.5 Å². The molecule has 0 spiro atoms. The Labute approximate surface area is 138 Å². The van der Waals surface area contributed by atoms with Crippen molar-refractivity contribution in [1.82, 2.24) is 10.2 Å². The van der Waals surface area contributed by atoms with Crippen molar-refractivity contribution in [2.75, 3.05) is 0 Å². The van der Waals surface area contributed by atoms with Crippen molar-refractivity contribution in [1.29, 1.82) is 0 Å². The first-order chi connectivity index (χ1) is 12.1. The average molecular weight is 380 g/mol. The van der Waals surface area contributed by atoms with Gasteiger partial charge in [0.15, 0.2) is 23.3 Å². The first-order valence-electron chi connectivity index (χ1n) is 6.64. The van der Waals surface area contributed by atoms with Gasteiger partial charge in [-0.05, 0) is 12.1 Å². The lowest BCUT2D eigenvalue weighted by atomic mass is 10.1. The van der Waals surface area contributed by atoms with Crippen LogP contribution in [0.4, 0.5) is 35.1 Å². The lowest BCUT2D eigenvalue weighted by Gasteiger charge is -2.09. The Morgan fingerprint density at radius 1 is 0.692 bits per heavy atom. The van der Waals surface area contributed by atoms with Gasteiger partial charge in [0.25, 0.3) is 5.89 Å². The number of benzene rings is 2. The van der Waals surface area contributed by atoms with E-state index in [-0.39, 0.29) is 0 Å². The highest BCUT2D eigenvalue weighted by Gasteiger charge is 2.35. The van der Waals surface area contributed by atoms with Gasteiger partial charge in [0.1, 0.15) is 5.56 Å². The molecule has 0 unspecified atom stereocenters. The number of hydrogen-bond acceptors (Lipinski definition) is 3. The van der Waals surface area contributed by atoms with Crippen LogP contribution in [0.3, 0.4) is 0 Å². The first-order valence-corrected chi connectivity index (χ1v) is 6.64. The number of nitrogens with zero attached hydrogens (tertiary/aromatic N) is 2. The molecule has 0 fully saturated rings. The van der Waals surface area contributed by atoms with E-state index in [4.69, 9.17) is 4.42 Å². The van der Waals surface area contributed by atoms with Crippen LogP contribution in [0.2, 0.25) is 0 Å². The number of hydrogen-bond donors (Lipinski definition) is 0. The number of rotatable bonds is 2. The average Bonchev–Trinajstić information content (AvgIpc) is 3.07. The van der Waals surface area contributed by atoms with Crippen LogP contribution < -0.4 is 0 Å². The van der Waals surface area contributed by atoms with Crippen molar-refractivity contribution in [3.8, 4) is 22.9 Å². The van der Waals surface area contributed by atoms with E-state index in [1.165, 1.54) is 6.07 Å². The molecule has 0 bridgehead atoms. The van der Waals surface area contributed by atoms with Crippen molar-refractivity contribution in [2.45, 2.75) is 6.18 Å². The second kappa shape index (κ2) is 6.07. The van der Waals surface area contributed by atoms with Gasteiger partial charge in [-0.15, -0.1) is 10.2 Å². The van der Waals surface area contributed by atoms with Crippen LogP contribution in [0.25, 0.3) is 22.9 Å². The maximum Gasteiger partial charge on any atom is 0.417 e. The molecule has 0 amide bonds. The van der Waals surface area contributed by atoms with Crippen LogP contribution >= 0.6 is 0 Å². The van der Waals surface area contributed by atoms with E-state index in [9.17, 15) is 35.1 Å². The highest BCUT2D eigenvalue weighted by Crippen LogP contribution is 2.38. The number of aromatic nitrogens is 2. The third-order valence-corrected chi connectivity index (χ3v) is 3.31. The zero-order chi connectivity index (χ0) is 19.2. The summed E-state index contributed by atoms with van der Waals surface area (Å²) in [5, 5.41) is 6.31. The fourth-order valence-electron chi connectivity index (χ4n) is 2.14. The molecule has 3 nitrogen and oxygen atoms in total. The van der Waals surface area contributed by atoms with Gasteiger partial charge in [0.2, 0.25) is 11.7 Å². The summed E-state index contributed by atoms with van der Waals surface area (Å²) in [5.41, 5.74) is -3.35. The first kappa shape index (κ1) is 17.8. The minimum absolute atomic E-state index is 0.623. The van der Waals surface area contributed by atoms with Gasteiger partial charge in [-0.2, -0.15) is 13.2 Å². The highest BCUT2D eigenvalue weighted by atomic mass is 19.4. The summed E-state index contributed by atoms with van der Waals surface area (Å²) in [4.78, 5) is 0. The van der Waals surface area contributed by atoms with Gasteiger partial charge in [-0.25, -0.2) is 22.0 Å². The Morgan fingerprint density at radius 3 is 1.77 bits per heavy atom. The highest BCUT2D eigenvalue weighted by molar-refractivity contribution is 5.62. The molecule has 136 valence electrons. The maximum absolute atomic E-state index is 13.7. The molecule has 0 radical (unpaired) electrons. The Hall–Kier alpha value is -2.98. The molecular formula is C15H4F8N2O. The minimum Gasteiger partial charge on any atom is -0.416 e. The van der Waals surface area contributed by atoms with E-state index in [0.717, 1.165) is 12.1 Å². The van der Waals surface area contributed by atoms with E-state index in [1.54, 1.807) is 0 Å². The molecule has 0 aliphatic heterocycles. The van der Waals surface area contributed by atoms with E-state index in [1.807, 2.05) is 0 Å².